The first-order valence-electron chi connectivity index (χ1n) is 7.10. The first-order valence-corrected chi connectivity index (χ1v) is 7.51. The highest BCUT2D eigenvalue weighted by Crippen LogP contribution is 2.27. The van der Waals surface area contributed by atoms with Gasteiger partial charge in [0.25, 0.3) is 0 Å². The summed E-state index contributed by atoms with van der Waals surface area (Å²) < 4.78 is 31.3. The molecule has 0 aliphatic rings. The van der Waals surface area contributed by atoms with Crippen molar-refractivity contribution in [3.8, 4) is 5.75 Å². The van der Waals surface area contributed by atoms with Crippen molar-refractivity contribution >= 4 is 23.0 Å². The first kappa shape index (κ1) is 17.1. The molecule has 0 saturated heterocycles. The van der Waals surface area contributed by atoms with Crippen LogP contribution >= 0.6 is 12.2 Å². The number of hydrogen-bond donors (Lipinski definition) is 2. The number of hydrogen-bond acceptors (Lipinski definition) is 3. The molecule has 0 aliphatic heterocycles. The maximum atomic E-state index is 12.5. The van der Waals surface area contributed by atoms with Gasteiger partial charge in [0.15, 0.2) is 5.11 Å². The Kier molecular flexibility index (Phi) is 5.86. The van der Waals surface area contributed by atoms with Crippen LogP contribution < -0.4 is 15.4 Å². The van der Waals surface area contributed by atoms with Crippen molar-refractivity contribution in [2.24, 2.45) is 0 Å². The highest BCUT2D eigenvalue weighted by atomic mass is 32.1. The molecule has 2 aromatic rings. The molecule has 0 unspecified atom stereocenters. The van der Waals surface area contributed by atoms with Crippen LogP contribution in [0.4, 0.5) is 14.5 Å². The van der Waals surface area contributed by atoms with Gasteiger partial charge in [-0.15, -0.1) is 0 Å². The average molecular weight is 340 g/mol. The molecule has 0 atom stereocenters. The minimum absolute atomic E-state index is 0.0581. The Balaban J connectivity index is 2.00. The number of aromatic nitrogens is 2. The van der Waals surface area contributed by atoms with Gasteiger partial charge in [0, 0.05) is 12.7 Å². The van der Waals surface area contributed by atoms with Gasteiger partial charge in [0.05, 0.1) is 17.9 Å². The molecule has 2 rings (SSSR count). The van der Waals surface area contributed by atoms with Crippen molar-refractivity contribution in [1.29, 1.82) is 0 Å². The topological polar surface area (TPSA) is 51.1 Å². The summed E-state index contributed by atoms with van der Waals surface area (Å²) in [5, 5.41) is 10.4. The molecule has 2 N–H and O–H groups in total. The van der Waals surface area contributed by atoms with Gasteiger partial charge in [0.2, 0.25) is 0 Å². The van der Waals surface area contributed by atoms with Crippen molar-refractivity contribution in [3.05, 3.63) is 41.7 Å². The van der Waals surface area contributed by atoms with E-state index in [1.807, 2.05) is 17.7 Å². The van der Waals surface area contributed by atoms with Gasteiger partial charge in [0.1, 0.15) is 5.75 Å². The van der Waals surface area contributed by atoms with E-state index in [1.54, 1.807) is 25.3 Å². The predicted octanol–water partition coefficient (Wildman–Crippen LogP) is 3.30. The fourth-order valence-corrected chi connectivity index (χ4v) is 2.24. The Bertz CT molecular complexity index is 675. The van der Waals surface area contributed by atoms with Crippen LogP contribution in [0.3, 0.4) is 0 Å². The van der Waals surface area contributed by atoms with E-state index < -0.39 is 6.61 Å². The van der Waals surface area contributed by atoms with Gasteiger partial charge in [-0.25, -0.2) is 0 Å². The van der Waals surface area contributed by atoms with Gasteiger partial charge in [-0.05, 0) is 49.8 Å². The lowest BCUT2D eigenvalue weighted by Gasteiger charge is -2.15. The molecule has 0 bridgehead atoms. The van der Waals surface area contributed by atoms with Crippen LogP contribution in [0.15, 0.2) is 30.5 Å². The molecule has 5 nitrogen and oxygen atoms in total. The fraction of sp³-hybridized carbons (Fsp3) is 0.333. The standard InChI is InChI=1S/C15H18F2N4OS/c1-3-21-11(6-7-19-21)9-18-15(23)20-12-5-4-10(2)8-13(12)22-14(16)17/h4-8,14H,3,9H2,1-2H3,(H2,18,20,23). The van der Waals surface area contributed by atoms with Gasteiger partial charge < -0.3 is 15.4 Å². The van der Waals surface area contributed by atoms with E-state index in [9.17, 15) is 8.78 Å². The van der Waals surface area contributed by atoms with Crippen LogP contribution in [0.2, 0.25) is 0 Å². The minimum Gasteiger partial charge on any atom is -0.433 e. The van der Waals surface area contributed by atoms with Crippen LogP contribution in [0, 0.1) is 6.92 Å². The van der Waals surface area contributed by atoms with Crippen molar-refractivity contribution in [3.63, 3.8) is 0 Å². The predicted molar refractivity (Wildman–Crippen MR) is 88.8 cm³/mol. The second-order valence-electron chi connectivity index (χ2n) is 4.82. The number of rotatable bonds is 6. The quantitative estimate of drug-likeness (QED) is 0.790. The largest absolute Gasteiger partial charge is 0.433 e. The summed E-state index contributed by atoms with van der Waals surface area (Å²) in [4.78, 5) is 0. The van der Waals surface area contributed by atoms with Crippen molar-refractivity contribution in [2.45, 2.75) is 33.5 Å². The number of benzene rings is 1. The minimum atomic E-state index is -2.89. The van der Waals surface area contributed by atoms with Gasteiger partial charge in [-0.3, -0.25) is 4.68 Å². The Morgan fingerprint density at radius 1 is 1.39 bits per heavy atom. The molecule has 0 aliphatic carbocycles. The number of anilines is 1. The summed E-state index contributed by atoms with van der Waals surface area (Å²) in [6.45, 7) is 2.14. The summed E-state index contributed by atoms with van der Waals surface area (Å²) in [5.74, 6) is 0.0581. The van der Waals surface area contributed by atoms with Crippen LogP contribution in [-0.2, 0) is 13.1 Å². The first-order chi connectivity index (χ1) is 11.0. The fourth-order valence-electron chi connectivity index (χ4n) is 2.06. The molecule has 1 aromatic heterocycles. The second kappa shape index (κ2) is 7.87. The van der Waals surface area contributed by atoms with Crippen LogP contribution in [0.1, 0.15) is 18.2 Å². The zero-order chi connectivity index (χ0) is 16.8. The molecule has 8 heteroatoms. The number of aryl methyl sites for hydroxylation is 2. The Labute approximate surface area is 138 Å². The van der Waals surface area contributed by atoms with E-state index in [1.165, 1.54) is 6.07 Å². The van der Waals surface area contributed by atoms with Crippen molar-refractivity contribution in [1.82, 2.24) is 15.1 Å². The van der Waals surface area contributed by atoms with E-state index in [0.29, 0.717) is 17.3 Å². The lowest BCUT2D eigenvalue weighted by atomic mass is 10.2. The Morgan fingerprint density at radius 3 is 2.87 bits per heavy atom. The molecule has 1 aromatic carbocycles. The maximum Gasteiger partial charge on any atom is 0.387 e. The zero-order valence-electron chi connectivity index (χ0n) is 12.8. The Morgan fingerprint density at radius 2 is 2.17 bits per heavy atom. The lowest BCUT2D eigenvalue weighted by Crippen LogP contribution is -2.29. The average Bonchev–Trinajstić information content (AvgIpc) is 2.95. The molecule has 124 valence electrons. The molecular formula is C15H18F2N4OS. The highest BCUT2D eigenvalue weighted by Gasteiger charge is 2.11. The van der Waals surface area contributed by atoms with E-state index >= 15 is 0 Å². The van der Waals surface area contributed by atoms with Gasteiger partial charge >= 0.3 is 6.61 Å². The Hall–Kier alpha value is -2.22. The number of nitrogens with one attached hydrogen (secondary N) is 2. The SMILES string of the molecule is CCn1nccc1CNC(=S)Nc1ccc(C)cc1OC(F)F. The number of thiocarbonyl (C=S) groups is 1. The number of alkyl halides is 2. The second-order valence-corrected chi connectivity index (χ2v) is 5.23. The van der Waals surface area contributed by atoms with E-state index in [2.05, 4.69) is 20.5 Å². The summed E-state index contributed by atoms with van der Waals surface area (Å²) in [5.41, 5.74) is 2.18. The third-order valence-corrected chi connectivity index (χ3v) is 3.38. The molecule has 0 spiro atoms. The van der Waals surface area contributed by atoms with E-state index in [0.717, 1.165) is 17.8 Å². The van der Waals surface area contributed by atoms with E-state index in [-0.39, 0.29) is 5.75 Å². The van der Waals surface area contributed by atoms with E-state index in [4.69, 9.17) is 12.2 Å². The molecule has 23 heavy (non-hydrogen) atoms. The number of nitrogens with zero attached hydrogens (tertiary/aromatic N) is 2. The highest BCUT2D eigenvalue weighted by molar-refractivity contribution is 7.80. The molecular weight excluding hydrogens is 322 g/mol. The molecule has 0 amide bonds. The normalized spacial score (nSPS) is 10.7. The summed E-state index contributed by atoms with van der Waals surface area (Å²) in [7, 11) is 0. The summed E-state index contributed by atoms with van der Waals surface area (Å²) in [6, 6.07) is 6.85. The van der Waals surface area contributed by atoms with Crippen LogP contribution in [0.25, 0.3) is 0 Å². The summed E-state index contributed by atoms with van der Waals surface area (Å²) in [6.07, 6.45) is 1.71. The lowest BCUT2D eigenvalue weighted by molar-refractivity contribution is -0.0493. The van der Waals surface area contributed by atoms with Crippen LogP contribution in [-0.4, -0.2) is 21.5 Å². The molecule has 0 fully saturated rings. The third-order valence-electron chi connectivity index (χ3n) is 3.14. The maximum absolute atomic E-state index is 12.5. The summed E-state index contributed by atoms with van der Waals surface area (Å²) >= 11 is 5.20. The van der Waals surface area contributed by atoms with Gasteiger partial charge in [-0.2, -0.15) is 13.9 Å². The monoisotopic (exact) mass is 340 g/mol. The third kappa shape index (κ3) is 4.88. The number of ether oxygens (including phenoxy) is 1. The molecule has 1 heterocycles. The van der Waals surface area contributed by atoms with Crippen molar-refractivity contribution in [2.75, 3.05) is 5.32 Å². The smallest absolute Gasteiger partial charge is 0.387 e. The van der Waals surface area contributed by atoms with Gasteiger partial charge in [-0.1, -0.05) is 6.07 Å². The van der Waals surface area contributed by atoms with Crippen LogP contribution in [0.5, 0.6) is 5.75 Å². The molecule has 0 radical (unpaired) electrons. The molecule has 0 saturated carbocycles. The number of halogens is 2. The zero-order valence-corrected chi connectivity index (χ0v) is 13.7. The van der Waals surface area contributed by atoms with Crippen molar-refractivity contribution < 1.29 is 13.5 Å².